The van der Waals surface area contributed by atoms with Gasteiger partial charge in [0.2, 0.25) is 0 Å². The molecular weight excluding hydrogens is 260 g/mol. The van der Waals surface area contributed by atoms with E-state index in [1.54, 1.807) is 0 Å². The van der Waals surface area contributed by atoms with Crippen LogP contribution in [0.15, 0.2) is 0 Å². The second-order valence-electron chi connectivity index (χ2n) is 7.77. The number of hydrogen-bond donors (Lipinski definition) is 1. The molecule has 2 saturated carbocycles. The normalized spacial score (nSPS) is 31.6. The first-order chi connectivity index (χ1) is 10.1. The first-order valence-corrected chi connectivity index (χ1v) is 8.98. The van der Waals surface area contributed by atoms with Crippen LogP contribution in [0.3, 0.4) is 0 Å². The molecule has 3 atom stereocenters. The van der Waals surface area contributed by atoms with E-state index in [1.165, 1.54) is 45.1 Å². The summed E-state index contributed by atoms with van der Waals surface area (Å²) in [5.74, 6) is 1.82. The maximum absolute atomic E-state index is 5.37. The van der Waals surface area contributed by atoms with E-state index in [4.69, 9.17) is 4.74 Å². The smallest absolute Gasteiger partial charge is 0.0589 e. The van der Waals surface area contributed by atoms with Gasteiger partial charge >= 0.3 is 0 Å². The standard InChI is InChI=1S/C18H36N2O/c1-15-6-5-9-18(12-15,13-19-3)14-20(10-11-21-4)16(2)17-7-8-17/h15-17,19H,5-14H2,1-4H3. The molecule has 0 spiro atoms. The summed E-state index contributed by atoms with van der Waals surface area (Å²) < 4.78 is 5.37. The average Bonchev–Trinajstić information content (AvgIpc) is 3.27. The first-order valence-electron chi connectivity index (χ1n) is 8.98. The molecule has 1 N–H and O–H groups in total. The largest absolute Gasteiger partial charge is 0.383 e. The molecule has 0 radical (unpaired) electrons. The van der Waals surface area contributed by atoms with Crippen LogP contribution in [-0.2, 0) is 4.74 Å². The predicted molar refractivity (Wildman–Crippen MR) is 89.6 cm³/mol. The lowest BCUT2D eigenvalue weighted by Crippen LogP contribution is -2.50. The van der Waals surface area contributed by atoms with Crippen molar-refractivity contribution in [2.24, 2.45) is 17.3 Å². The van der Waals surface area contributed by atoms with Crippen LogP contribution in [0.1, 0.15) is 52.4 Å². The van der Waals surface area contributed by atoms with Crippen molar-refractivity contribution in [2.75, 3.05) is 40.4 Å². The maximum atomic E-state index is 5.37. The topological polar surface area (TPSA) is 24.5 Å². The van der Waals surface area contributed by atoms with Crippen LogP contribution in [0, 0.1) is 17.3 Å². The van der Waals surface area contributed by atoms with E-state index >= 15 is 0 Å². The summed E-state index contributed by atoms with van der Waals surface area (Å²) >= 11 is 0. The van der Waals surface area contributed by atoms with Gasteiger partial charge in [-0.25, -0.2) is 0 Å². The van der Waals surface area contributed by atoms with E-state index in [2.05, 4.69) is 31.1 Å². The number of methoxy groups -OCH3 is 1. The van der Waals surface area contributed by atoms with Gasteiger partial charge in [0.25, 0.3) is 0 Å². The van der Waals surface area contributed by atoms with Gasteiger partial charge in [-0.05, 0) is 56.9 Å². The SMILES string of the molecule is CNCC1(CN(CCOC)C(C)C2CC2)CCCC(C)C1. The molecule has 2 aliphatic rings. The lowest BCUT2D eigenvalue weighted by molar-refractivity contribution is 0.0405. The lowest BCUT2D eigenvalue weighted by atomic mass is 9.69. The Morgan fingerprint density at radius 2 is 2.10 bits per heavy atom. The lowest BCUT2D eigenvalue weighted by Gasteiger charge is -2.45. The Morgan fingerprint density at radius 1 is 1.33 bits per heavy atom. The fourth-order valence-corrected chi connectivity index (χ4v) is 4.45. The highest BCUT2D eigenvalue weighted by molar-refractivity contribution is 4.93. The highest BCUT2D eigenvalue weighted by atomic mass is 16.5. The monoisotopic (exact) mass is 296 g/mol. The summed E-state index contributed by atoms with van der Waals surface area (Å²) in [6.07, 6.45) is 8.45. The highest BCUT2D eigenvalue weighted by Gasteiger charge is 2.39. The fraction of sp³-hybridized carbons (Fsp3) is 1.00. The molecule has 21 heavy (non-hydrogen) atoms. The van der Waals surface area contributed by atoms with Crippen molar-refractivity contribution in [1.29, 1.82) is 0 Å². The van der Waals surface area contributed by atoms with E-state index < -0.39 is 0 Å². The molecular formula is C18H36N2O. The number of nitrogens with one attached hydrogen (secondary N) is 1. The minimum Gasteiger partial charge on any atom is -0.383 e. The van der Waals surface area contributed by atoms with Gasteiger partial charge in [-0.2, -0.15) is 0 Å². The van der Waals surface area contributed by atoms with E-state index in [0.29, 0.717) is 5.41 Å². The molecule has 124 valence electrons. The van der Waals surface area contributed by atoms with Crippen molar-refractivity contribution < 1.29 is 4.74 Å². The van der Waals surface area contributed by atoms with Crippen LogP contribution in [-0.4, -0.2) is 51.3 Å². The van der Waals surface area contributed by atoms with E-state index in [9.17, 15) is 0 Å². The third-order valence-electron chi connectivity index (χ3n) is 5.74. The molecule has 3 nitrogen and oxygen atoms in total. The first kappa shape index (κ1) is 17.2. The quantitative estimate of drug-likeness (QED) is 0.707. The molecule has 0 aliphatic heterocycles. The van der Waals surface area contributed by atoms with Crippen molar-refractivity contribution in [3.63, 3.8) is 0 Å². The highest BCUT2D eigenvalue weighted by Crippen LogP contribution is 2.42. The van der Waals surface area contributed by atoms with Crippen LogP contribution < -0.4 is 5.32 Å². The summed E-state index contributed by atoms with van der Waals surface area (Å²) in [7, 11) is 3.94. The summed E-state index contributed by atoms with van der Waals surface area (Å²) in [5, 5.41) is 3.49. The van der Waals surface area contributed by atoms with Gasteiger partial charge in [0.05, 0.1) is 6.61 Å². The zero-order valence-electron chi connectivity index (χ0n) is 14.7. The second-order valence-corrected chi connectivity index (χ2v) is 7.77. The number of rotatable bonds is 9. The van der Waals surface area contributed by atoms with Gasteiger partial charge in [-0.1, -0.05) is 19.8 Å². The van der Waals surface area contributed by atoms with E-state index in [1.807, 2.05) is 7.11 Å². The molecule has 2 fully saturated rings. The van der Waals surface area contributed by atoms with Gasteiger partial charge in [0.15, 0.2) is 0 Å². The Balaban J connectivity index is 2.02. The summed E-state index contributed by atoms with van der Waals surface area (Å²) in [4.78, 5) is 2.73. The molecule has 2 aliphatic carbocycles. The zero-order valence-corrected chi connectivity index (χ0v) is 14.7. The predicted octanol–water partition coefficient (Wildman–Crippen LogP) is 3.15. The maximum Gasteiger partial charge on any atom is 0.0589 e. The second kappa shape index (κ2) is 7.94. The molecule has 3 unspecified atom stereocenters. The van der Waals surface area contributed by atoms with Crippen LogP contribution in [0.4, 0.5) is 0 Å². The Labute approximate surface area is 131 Å². The van der Waals surface area contributed by atoms with Crippen LogP contribution in [0.5, 0.6) is 0 Å². The van der Waals surface area contributed by atoms with Gasteiger partial charge in [0.1, 0.15) is 0 Å². The van der Waals surface area contributed by atoms with Crippen molar-refractivity contribution in [3.8, 4) is 0 Å². The zero-order chi connectivity index (χ0) is 15.3. The summed E-state index contributed by atoms with van der Waals surface area (Å²) in [5.41, 5.74) is 0.476. The van der Waals surface area contributed by atoms with E-state index in [0.717, 1.165) is 37.6 Å². The molecule has 0 aromatic carbocycles. The summed E-state index contributed by atoms with van der Waals surface area (Å²) in [6, 6.07) is 0.728. The van der Waals surface area contributed by atoms with Gasteiger partial charge in [-0.3, -0.25) is 4.90 Å². The molecule has 0 amide bonds. The molecule has 0 aromatic rings. The minimum atomic E-state index is 0.476. The third kappa shape index (κ3) is 4.94. The number of hydrogen-bond acceptors (Lipinski definition) is 3. The summed E-state index contributed by atoms with van der Waals surface area (Å²) in [6.45, 7) is 9.24. The van der Waals surface area contributed by atoms with Crippen molar-refractivity contribution in [1.82, 2.24) is 10.2 Å². The number of nitrogens with zero attached hydrogens (tertiary/aromatic N) is 1. The van der Waals surface area contributed by atoms with Crippen molar-refractivity contribution >= 4 is 0 Å². The molecule has 3 heteroatoms. The van der Waals surface area contributed by atoms with E-state index in [-0.39, 0.29) is 0 Å². The Bertz CT molecular complexity index is 302. The Hall–Kier alpha value is -0.120. The molecule has 0 bridgehead atoms. The Morgan fingerprint density at radius 3 is 2.67 bits per heavy atom. The Kier molecular flexibility index (Phi) is 6.51. The molecule has 0 saturated heterocycles. The van der Waals surface area contributed by atoms with Gasteiger partial charge in [0, 0.05) is 32.8 Å². The molecule has 2 rings (SSSR count). The fourth-order valence-electron chi connectivity index (χ4n) is 4.45. The third-order valence-corrected chi connectivity index (χ3v) is 5.74. The van der Waals surface area contributed by atoms with Crippen molar-refractivity contribution in [3.05, 3.63) is 0 Å². The minimum absolute atomic E-state index is 0.476. The van der Waals surface area contributed by atoms with Gasteiger partial charge < -0.3 is 10.1 Å². The number of ether oxygens (including phenoxy) is 1. The molecule has 0 heterocycles. The van der Waals surface area contributed by atoms with Gasteiger partial charge in [-0.15, -0.1) is 0 Å². The molecule has 0 aromatic heterocycles. The van der Waals surface area contributed by atoms with Crippen LogP contribution >= 0.6 is 0 Å². The average molecular weight is 296 g/mol. The van der Waals surface area contributed by atoms with Crippen molar-refractivity contribution in [2.45, 2.75) is 58.4 Å². The van der Waals surface area contributed by atoms with Crippen LogP contribution in [0.25, 0.3) is 0 Å². The van der Waals surface area contributed by atoms with Crippen LogP contribution in [0.2, 0.25) is 0 Å².